The first kappa shape index (κ1) is 18.0. The van der Waals surface area contributed by atoms with Crippen LogP contribution in [0.2, 0.25) is 0 Å². The van der Waals surface area contributed by atoms with Crippen molar-refractivity contribution in [2.45, 2.75) is 26.3 Å². The van der Waals surface area contributed by atoms with Gasteiger partial charge in [0.2, 0.25) is 5.95 Å². The lowest BCUT2D eigenvalue weighted by molar-refractivity contribution is 0.252. The third-order valence-corrected chi connectivity index (χ3v) is 5.53. The van der Waals surface area contributed by atoms with Gasteiger partial charge in [0.05, 0.1) is 18.5 Å². The number of methoxy groups -OCH3 is 1. The van der Waals surface area contributed by atoms with Gasteiger partial charge in [0, 0.05) is 57.4 Å². The van der Waals surface area contributed by atoms with Crippen LogP contribution >= 0.6 is 0 Å². The number of fused-ring (bicyclic) bond motifs is 1. The number of piperazine rings is 1. The molecular weight excluding hydrogens is 338 g/mol. The lowest BCUT2D eigenvalue weighted by atomic mass is 10.1. The SMILES string of the molecule is CCCN1CCc2nc(N3CCN(c4ccccc4OC)CC3)ncc2C1. The Balaban J connectivity index is 1.42. The number of rotatable bonds is 5. The number of hydrogen-bond acceptors (Lipinski definition) is 6. The van der Waals surface area contributed by atoms with Crippen molar-refractivity contribution in [1.82, 2.24) is 14.9 Å². The van der Waals surface area contributed by atoms with E-state index in [1.165, 1.54) is 23.4 Å². The average molecular weight is 367 g/mol. The largest absolute Gasteiger partial charge is 0.495 e. The van der Waals surface area contributed by atoms with Crippen LogP contribution in [0.1, 0.15) is 24.6 Å². The number of aromatic nitrogens is 2. The van der Waals surface area contributed by atoms with Gasteiger partial charge < -0.3 is 14.5 Å². The monoisotopic (exact) mass is 367 g/mol. The summed E-state index contributed by atoms with van der Waals surface area (Å²) in [6.45, 7) is 9.25. The fourth-order valence-corrected chi connectivity index (χ4v) is 4.06. The Morgan fingerprint density at radius 3 is 2.59 bits per heavy atom. The minimum absolute atomic E-state index is 0.886. The summed E-state index contributed by atoms with van der Waals surface area (Å²) in [5.74, 6) is 1.82. The Labute approximate surface area is 161 Å². The van der Waals surface area contributed by atoms with E-state index in [9.17, 15) is 0 Å². The van der Waals surface area contributed by atoms with Crippen LogP contribution in [0.3, 0.4) is 0 Å². The van der Waals surface area contributed by atoms with Crippen LogP contribution in [-0.4, -0.2) is 61.2 Å². The van der Waals surface area contributed by atoms with Crippen LogP contribution in [0.4, 0.5) is 11.6 Å². The molecule has 2 aliphatic rings. The maximum Gasteiger partial charge on any atom is 0.225 e. The Hall–Kier alpha value is -2.34. The molecule has 2 aromatic rings. The van der Waals surface area contributed by atoms with Crippen LogP contribution in [0.15, 0.2) is 30.5 Å². The Morgan fingerprint density at radius 1 is 1.04 bits per heavy atom. The van der Waals surface area contributed by atoms with Crippen LogP contribution in [0, 0.1) is 0 Å². The summed E-state index contributed by atoms with van der Waals surface area (Å²) in [5.41, 5.74) is 3.70. The second kappa shape index (κ2) is 8.13. The van der Waals surface area contributed by atoms with E-state index in [1.807, 2.05) is 18.3 Å². The quantitative estimate of drug-likeness (QED) is 0.809. The van der Waals surface area contributed by atoms with Crippen molar-refractivity contribution < 1.29 is 4.74 Å². The molecule has 6 heteroatoms. The van der Waals surface area contributed by atoms with Crippen LogP contribution in [-0.2, 0) is 13.0 Å². The zero-order valence-electron chi connectivity index (χ0n) is 16.4. The minimum Gasteiger partial charge on any atom is -0.495 e. The normalized spacial score (nSPS) is 17.7. The molecule has 1 fully saturated rings. The van der Waals surface area contributed by atoms with Gasteiger partial charge in [0.1, 0.15) is 5.75 Å². The molecule has 0 amide bonds. The van der Waals surface area contributed by atoms with Crippen molar-refractivity contribution in [3.8, 4) is 5.75 Å². The van der Waals surface area contributed by atoms with Gasteiger partial charge in [-0.15, -0.1) is 0 Å². The van der Waals surface area contributed by atoms with E-state index in [0.717, 1.165) is 63.9 Å². The zero-order valence-corrected chi connectivity index (χ0v) is 16.4. The molecule has 3 heterocycles. The summed E-state index contributed by atoms with van der Waals surface area (Å²) >= 11 is 0. The first-order valence-electron chi connectivity index (χ1n) is 9.98. The van der Waals surface area contributed by atoms with E-state index < -0.39 is 0 Å². The lowest BCUT2D eigenvalue weighted by Gasteiger charge is -2.37. The molecular formula is C21H29N5O. The van der Waals surface area contributed by atoms with Gasteiger partial charge in [-0.1, -0.05) is 19.1 Å². The molecule has 0 saturated carbocycles. The first-order chi connectivity index (χ1) is 13.3. The molecule has 2 aliphatic heterocycles. The molecule has 0 bridgehead atoms. The van der Waals surface area contributed by atoms with Gasteiger partial charge in [0.15, 0.2) is 0 Å². The topological polar surface area (TPSA) is 44.7 Å². The zero-order chi connectivity index (χ0) is 18.6. The molecule has 1 aromatic heterocycles. The molecule has 0 aliphatic carbocycles. The molecule has 1 saturated heterocycles. The number of ether oxygens (including phenoxy) is 1. The molecule has 0 N–H and O–H groups in total. The Kier molecular flexibility index (Phi) is 5.43. The second-order valence-corrected chi connectivity index (χ2v) is 7.31. The standard InChI is InChI=1S/C21H29N5O/c1-3-9-24-10-8-18-17(16-24)15-22-21(23-18)26-13-11-25(12-14-26)19-6-4-5-7-20(19)27-2/h4-7,15H,3,8-14,16H2,1-2H3. The predicted octanol–water partition coefficient (Wildman–Crippen LogP) is 2.58. The van der Waals surface area contributed by atoms with Gasteiger partial charge in [-0.25, -0.2) is 9.97 Å². The molecule has 4 rings (SSSR count). The molecule has 0 radical (unpaired) electrons. The van der Waals surface area contributed by atoms with E-state index in [0.29, 0.717) is 0 Å². The number of hydrogen-bond donors (Lipinski definition) is 0. The van der Waals surface area contributed by atoms with E-state index >= 15 is 0 Å². The van der Waals surface area contributed by atoms with Crippen molar-refractivity contribution in [3.63, 3.8) is 0 Å². The molecule has 0 unspecified atom stereocenters. The summed E-state index contributed by atoms with van der Waals surface area (Å²) in [7, 11) is 1.73. The maximum atomic E-state index is 5.51. The lowest BCUT2D eigenvalue weighted by Crippen LogP contribution is -2.47. The second-order valence-electron chi connectivity index (χ2n) is 7.31. The molecule has 6 nitrogen and oxygen atoms in total. The number of benzene rings is 1. The summed E-state index contributed by atoms with van der Waals surface area (Å²) in [5, 5.41) is 0. The van der Waals surface area contributed by atoms with Crippen molar-refractivity contribution in [2.75, 3.05) is 56.2 Å². The summed E-state index contributed by atoms with van der Waals surface area (Å²) in [6, 6.07) is 8.24. The Bertz CT molecular complexity index is 773. The highest BCUT2D eigenvalue weighted by Crippen LogP contribution is 2.29. The van der Waals surface area contributed by atoms with Crippen LogP contribution in [0.25, 0.3) is 0 Å². The van der Waals surface area contributed by atoms with E-state index in [2.05, 4.69) is 38.7 Å². The van der Waals surface area contributed by atoms with Gasteiger partial charge in [-0.05, 0) is 25.1 Å². The van der Waals surface area contributed by atoms with Crippen molar-refractivity contribution in [1.29, 1.82) is 0 Å². The molecule has 1 aromatic carbocycles. The molecule has 0 spiro atoms. The third kappa shape index (κ3) is 3.86. The van der Waals surface area contributed by atoms with E-state index in [1.54, 1.807) is 7.11 Å². The van der Waals surface area contributed by atoms with Gasteiger partial charge in [-0.3, -0.25) is 4.90 Å². The number of anilines is 2. The van der Waals surface area contributed by atoms with E-state index in [-0.39, 0.29) is 0 Å². The Morgan fingerprint density at radius 2 is 1.81 bits per heavy atom. The summed E-state index contributed by atoms with van der Waals surface area (Å²) in [6.07, 6.45) is 4.28. The van der Waals surface area contributed by atoms with Crippen molar-refractivity contribution in [2.24, 2.45) is 0 Å². The molecule has 144 valence electrons. The minimum atomic E-state index is 0.886. The van der Waals surface area contributed by atoms with E-state index in [4.69, 9.17) is 9.72 Å². The van der Waals surface area contributed by atoms with Gasteiger partial charge in [0.25, 0.3) is 0 Å². The fraction of sp³-hybridized carbons (Fsp3) is 0.524. The number of para-hydroxylation sites is 2. The van der Waals surface area contributed by atoms with Gasteiger partial charge in [-0.2, -0.15) is 0 Å². The van der Waals surface area contributed by atoms with Gasteiger partial charge >= 0.3 is 0 Å². The average Bonchev–Trinajstić information content (AvgIpc) is 2.74. The summed E-state index contributed by atoms with van der Waals surface area (Å²) < 4.78 is 5.51. The smallest absolute Gasteiger partial charge is 0.225 e. The van der Waals surface area contributed by atoms with Crippen LogP contribution < -0.4 is 14.5 Å². The predicted molar refractivity (Wildman–Crippen MR) is 109 cm³/mol. The molecule has 27 heavy (non-hydrogen) atoms. The highest BCUT2D eigenvalue weighted by Gasteiger charge is 2.23. The fourth-order valence-electron chi connectivity index (χ4n) is 4.06. The molecule has 0 atom stereocenters. The van der Waals surface area contributed by atoms with Crippen molar-refractivity contribution >= 4 is 11.6 Å². The highest BCUT2D eigenvalue weighted by molar-refractivity contribution is 5.59. The van der Waals surface area contributed by atoms with Crippen LogP contribution in [0.5, 0.6) is 5.75 Å². The maximum absolute atomic E-state index is 5.51. The summed E-state index contributed by atoms with van der Waals surface area (Å²) in [4.78, 5) is 16.8. The highest BCUT2D eigenvalue weighted by atomic mass is 16.5. The number of nitrogens with zero attached hydrogens (tertiary/aromatic N) is 5. The van der Waals surface area contributed by atoms with Crippen molar-refractivity contribution in [3.05, 3.63) is 41.7 Å². The third-order valence-electron chi connectivity index (χ3n) is 5.53. The first-order valence-corrected chi connectivity index (χ1v) is 9.98.